The molecule has 78 valence electrons. The topological polar surface area (TPSA) is 55.0 Å². The minimum atomic E-state index is -0.374. The SMILES string of the molecule is CC(C)CCOc1nc[nH]c(=O)c1Cl. The summed E-state index contributed by atoms with van der Waals surface area (Å²) in [6.07, 6.45) is 2.18. The Morgan fingerprint density at radius 1 is 1.64 bits per heavy atom. The van der Waals surface area contributed by atoms with Gasteiger partial charge in [-0.15, -0.1) is 0 Å². The lowest BCUT2D eigenvalue weighted by Gasteiger charge is -2.07. The van der Waals surface area contributed by atoms with Crippen LogP contribution in [0, 0.1) is 5.92 Å². The van der Waals surface area contributed by atoms with Crippen molar-refractivity contribution in [3.05, 3.63) is 21.7 Å². The smallest absolute Gasteiger partial charge is 0.273 e. The summed E-state index contributed by atoms with van der Waals surface area (Å²) >= 11 is 5.68. The summed E-state index contributed by atoms with van der Waals surface area (Å²) in [5.74, 6) is 0.756. The number of hydrogen-bond acceptors (Lipinski definition) is 3. The maximum Gasteiger partial charge on any atom is 0.273 e. The summed E-state index contributed by atoms with van der Waals surface area (Å²) in [7, 11) is 0. The molecule has 1 aromatic rings. The Morgan fingerprint density at radius 2 is 2.36 bits per heavy atom. The van der Waals surface area contributed by atoms with Crippen LogP contribution in [0.2, 0.25) is 5.02 Å². The van der Waals surface area contributed by atoms with E-state index in [2.05, 4.69) is 23.8 Å². The van der Waals surface area contributed by atoms with Crippen molar-refractivity contribution in [1.82, 2.24) is 9.97 Å². The molecular formula is C9H13ClN2O2. The average molecular weight is 217 g/mol. The van der Waals surface area contributed by atoms with Gasteiger partial charge in [-0.3, -0.25) is 4.79 Å². The second-order valence-electron chi connectivity index (χ2n) is 3.38. The van der Waals surface area contributed by atoms with Crippen molar-refractivity contribution in [1.29, 1.82) is 0 Å². The number of halogens is 1. The molecule has 0 fully saturated rings. The fraction of sp³-hybridized carbons (Fsp3) is 0.556. The third kappa shape index (κ3) is 3.03. The van der Waals surface area contributed by atoms with Gasteiger partial charge in [0.15, 0.2) is 5.02 Å². The second kappa shape index (κ2) is 5.00. The molecule has 0 spiro atoms. The van der Waals surface area contributed by atoms with Gasteiger partial charge in [-0.05, 0) is 12.3 Å². The standard InChI is InChI=1S/C9H13ClN2O2/c1-6(2)3-4-14-9-7(10)8(13)11-5-12-9/h5-6H,3-4H2,1-2H3,(H,11,12,13). The Balaban J connectivity index is 2.59. The molecule has 0 saturated carbocycles. The van der Waals surface area contributed by atoms with Crippen molar-refractivity contribution < 1.29 is 4.74 Å². The normalized spacial score (nSPS) is 10.6. The Bertz CT molecular complexity index is 349. The van der Waals surface area contributed by atoms with Crippen LogP contribution in [-0.4, -0.2) is 16.6 Å². The number of rotatable bonds is 4. The van der Waals surface area contributed by atoms with Gasteiger partial charge < -0.3 is 9.72 Å². The number of aromatic amines is 1. The number of nitrogens with zero attached hydrogens (tertiary/aromatic N) is 1. The molecule has 0 atom stereocenters. The van der Waals surface area contributed by atoms with Crippen molar-refractivity contribution in [2.75, 3.05) is 6.61 Å². The molecule has 1 aromatic heterocycles. The van der Waals surface area contributed by atoms with Gasteiger partial charge in [0, 0.05) is 0 Å². The number of ether oxygens (including phenoxy) is 1. The van der Waals surface area contributed by atoms with Crippen LogP contribution in [0.1, 0.15) is 20.3 Å². The van der Waals surface area contributed by atoms with Gasteiger partial charge in [-0.25, -0.2) is 4.98 Å². The van der Waals surface area contributed by atoms with Crippen molar-refractivity contribution in [2.24, 2.45) is 5.92 Å². The summed E-state index contributed by atoms with van der Waals surface area (Å²) in [6.45, 7) is 4.71. The van der Waals surface area contributed by atoms with E-state index in [4.69, 9.17) is 16.3 Å². The number of nitrogens with one attached hydrogen (secondary N) is 1. The molecule has 0 aliphatic carbocycles. The first-order valence-corrected chi connectivity index (χ1v) is 4.85. The summed E-state index contributed by atoms with van der Waals surface area (Å²) < 4.78 is 5.27. The first kappa shape index (κ1) is 11.0. The Kier molecular flexibility index (Phi) is 3.95. The highest BCUT2D eigenvalue weighted by Crippen LogP contribution is 2.15. The lowest BCUT2D eigenvalue weighted by Crippen LogP contribution is -2.10. The van der Waals surface area contributed by atoms with Crippen LogP contribution in [-0.2, 0) is 0 Å². The van der Waals surface area contributed by atoms with Gasteiger partial charge in [0.1, 0.15) is 0 Å². The van der Waals surface area contributed by atoms with Crippen LogP contribution < -0.4 is 10.3 Å². The summed E-state index contributed by atoms with van der Waals surface area (Å²) in [6, 6.07) is 0. The van der Waals surface area contributed by atoms with Gasteiger partial charge in [-0.2, -0.15) is 0 Å². The number of H-pyrrole nitrogens is 1. The zero-order valence-electron chi connectivity index (χ0n) is 8.21. The molecule has 14 heavy (non-hydrogen) atoms. The highest BCUT2D eigenvalue weighted by Gasteiger charge is 2.06. The number of aromatic nitrogens is 2. The Morgan fingerprint density at radius 3 is 3.00 bits per heavy atom. The summed E-state index contributed by atoms with van der Waals surface area (Å²) in [4.78, 5) is 17.2. The van der Waals surface area contributed by atoms with Crippen LogP contribution >= 0.6 is 11.6 Å². The van der Waals surface area contributed by atoms with Crippen LogP contribution in [0.15, 0.2) is 11.1 Å². The van der Waals surface area contributed by atoms with E-state index in [0.717, 1.165) is 6.42 Å². The first-order chi connectivity index (χ1) is 6.61. The highest BCUT2D eigenvalue weighted by molar-refractivity contribution is 6.31. The van der Waals surface area contributed by atoms with Crippen molar-refractivity contribution in [3.8, 4) is 5.88 Å². The predicted molar refractivity (Wildman–Crippen MR) is 54.8 cm³/mol. The van der Waals surface area contributed by atoms with E-state index in [1.165, 1.54) is 6.33 Å². The van der Waals surface area contributed by atoms with Crippen LogP contribution in [0.5, 0.6) is 5.88 Å². The van der Waals surface area contributed by atoms with Gasteiger partial charge in [0.2, 0.25) is 5.88 Å². The molecular weight excluding hydrogens is 204 g/mol. The Hall–Kier alpha value is -1.03. The maximum atomic E-state index is 11.0. The molecule has 0 aliphatic rings. The molecule has 4 nitrogen and oxygen atoms in total. The minimum absolute atomic E-state index is 0.0104. The fourth-order valence-electron chi connectivity index (χ4n) is 0.859. The van der Waals surface area contributed by atoms with Crippen LogP contribution in [0.4, 0.5) is 0 Å². The van der Waals surface area contributed by atoms with Crippen LogP contribution in [0.25, 0.3) is 0 Å². The molecule has 0 unspecified atom stereocenters. The monoisotopic (exact) mass is 216 g/mol. The van der Waals surface area contributed by atoms with E-state index in [1.807, 2.05) is 0 Å². The van der Waals surface area contributed by atoms with E-state index < -0.39 is 0 Å². The molecule has 5 heteroatoms. The summed E-state index contributed by atoms with van der Waals surface area (Å²) in [5.41, 5.74) is -0.374. The lowest BCUT2D eigenvalue weighted by atomic mass is 10.1. The van der Waals surface area contributed by atoms with E-state index in [9.17, 15) is 4.79 Å². The minimum Gasteiger partial charge on any atom is -0.476 e. The number of hydrogen-bond donors (Lipinski definition) is 1. The molecule has 0 aromatic carbocycles. The van der Waals surface area contributed by atoms with Gasteiger partial charge in [-0.1, -0.05) is 25.4 Å². The predicted octanol–water partition coefficient (Wildman–Crippen LogP) is 1.85. The third-order valence-corrected chi connectivity index (χ3v) is 2.03. The molecule has 1 heterocycles. The molecule has 1 N–H and O–H groups in total. The van der Waals surface area contributed by atoms with E-state index >= 15 is 0 Å². The largest absolute Gasteiger partial charge is 0.476 e. The van der Waals surface area contributed by atoms with E-state index in [0.29, 0.717) is 12.5 Å². The molecule has 0 amide bonds. The van der Waals surface area contributed by atoms with Gasteiger partial charge >= 0.3 is 0 Å². The van der Waals surface area contributed by atoms with E-state index in [-0.39, 0.29) is 16.5 Å². The van der Waals surface area contributed by atoms with Gasteiger partial charge in [0.05, 0.1) is 12.9 Å². The molecule has 0 bridgehead atoms. The van der Waals surface area contributed by atoms with Gasteiger partial charge in [0.25, 0.3) is 5.56 Å². The van der Waals surface area contributed by atoms with Crippen molar-refractivity contribution >= 4 is 11.6 Å². The molecule has 0 aliphatic heterocycles. The zero-order valence-corrected chi connectivity index (χ0v) is 8.97. The molecule has 0 saturated heterocycles. The van der Waals surface area contributed by atoms with E-state index in [1.54, 1.807) is 0 Å². The maximum absolute atomic E-state index is 11.0. The molecule has 1 rings (SSSR count). The quantitative estimate of drug-likeness (QED) is 0.836. The first-order valence-electron chi connectivity index (χ1n) is 4.47. The lowest BCUT2D eigenvalue weighted by molar-refractivity contribution is 0.278. The van der Waals surface area contributed by atoms with Crippen LogP contribution in [0.3, 0.4) is 0 Å². The Labute approximate surface area is 87.3 Å². The fourth-order valence-corrected chi connectivity index (χ4v) is 1.02. The van der Waals surface area contributed by atoms with Crippen molar-refractivity contribution in [2.45, 2.75) is 20.3 Å². The highest BCUT2D eigenvalue weighted by atomic mass is 35.5. The second-order valence-corrected chi connectivity index (χ2v) is 3.76. The summed E-state index contributed by atoms with van der Waals surface area (Å²) in [5, 5.41) is 0.0104. The average Bonchev–Trinajstić information content (AvgIpc) is 2.12. The zero-order chi connectivity index (χ0) is 10.6. The van der Waals surface area contributed by atoms with Crippen molar-refractivity contribution in [3.63, 3.8) is 0 Å². The molecule has 0 radical (unpaired) electrons. The third-order valence-electron chi connectivity index (χ3n) is 1.70.